The number of aromatic hydroxyl groups is 1. The molecule has 7 rings (SSSR count). The largest absolute Gasteiger partial charge is 0.507 e. The van der Waals surface area contributed by atoms with Gasteiger partial charge in [-0.15, -0.1) is 0 Å². The Hall–Kier alpha value is -5.58. The number of aldehydes is 1. The van der Waals surface area contributed by atoms with E-state index in [1.165, 1.54) is 32.0 Å². The summed E-state index contributed by atoms with van der Waals surface area (Å²) in [5, 5.41) is 74.8. The van der Waals surface area contributed by atoms with Crippen LogP contribution >= 0.6 is 0 Å². The Morgan fingerprint density at radius 2 is 1.59 bits per heavy atom. The van der Waals surface area contributed by atoms with Crippen LogP contribution < -0.4 is 9.47 Å². The molecule has 2 aliphatic carbocycles. The van der Waals surface area contributed by atoms with Crippen LogP contribution in [0.15, 0.2) is 54.6 Å². The lowest BCUT2D eigenvalue weighted by molar-refractivity contribution is -0.371. The predicted octanol–water partition coefficient (Wildman–Crippen LogP) is 2.49. The van der Waals surface area contributed by atoms with Gasteiger partial charge in [0.15, 0.2) is 24.0 Å². The number of esters is 1. The number of benzene rings is 4. The van der Waals surface area contributed by atoms with Gasteiger partial charge in [-0.1, -0.05) is 48.5 Å². The van der Waals surface area contributed by atoms with Gasteiger partial charge in [0.05, 0.1) is 24.9 Å². The van der Waals surface area contributed by atoms with Crippen LogP contribution in [-0.2, 0) is 35.6 Å². The van der Waals surface area contributed by atoms with Gasteiger partial charge in [-0.25, -0.2) is 0 Å². The van der Waals surface area contributed by atoms with Crippen LogP contribution in [-0.4, -0.2) is 90.0 Å². The second kappa shape index (κ2) is 14.8. The zero-order valence-corrected chi connectivity index (χ0v) is 30.2. The fourth-order valence-corrected chi connectivity index (χ4v) is 7.73. The van der Waals surface area contributed by atoms with Gasteiger partial charge in [0, 0.05) is 46.7 Å². The van der Waals surface area contributed by atoms with Gasteiger partial charge < -0.3 is 50.0 Å². The Morgan fingerprint density at radius 1 is 0.875 bits per heavy atom. The summed E-state index contributed by atoms with van der Waals surface area (Å²) >= 11 is 0. The van der Waals surface area contributed by atoms with Crippen molar-refractivity contribution in [3.05, 3.63) is 121 Å². The van der Waals surface area contributed by atoms with Crippen molar-refractivity contribution in [2.75, 3.05) is 0 Å². The zero-order valence-electron chi connectivity index (χ0n) is 30.2. The molecule has 1 saturated heterocycles. The number of fused-ring (bicyclic) bond motifs is 3. The minimum absolute atomic E-state index is 0.0607. The molecule has 1 fully saturated rings. The van der Waals surface area contributed by atoms with E-state index in [1.54, 1.807) is 6.07 Å². The number of aryl methyl sites for hydroxylation is 1. The molecule has 0 radical (unpaired) electrons. The average molecular weight is 767 g/mol. The van der Waals surface area contributed by atoms with Crippen molar-refractivity contribution in [3.63, 3.8) is 0 Å². The quantitative estimate of drug-likeness (QED) is 0.0494. The van der Waals surface area contributed by atoms with Gasteiger partial charge in [0.25, 0.3) is 0 Å². The molecule has 1 heterocycles. The smallest absolute Gasteiger partial charge is 0.308 e. The molecule has 290 valence electrons. The van der Waals surface area contributed by atoms with Crippen molar-refractivity contribution in [1.29, 1.82) is 0 Å². The van der Waals surface area contributed by atoms with E-state index in [0.29, 0.717) is 24.7 Å². The van der Waals surface area contributed by atoms with Crippen LogP contribution in [0, 0.1) is 0 Å². The normalized spacial score (nSPS) is 21.0. The second-order valence-electron chi connectivity index (χ2n) is 14.0. The summed E-state index contributed by atoms with van der Waals surface area (Å²) in [6.45, 7) is 1.18. The van der Waals surface area contributed by atoms with E-state index in [0.717, 1.165) is 17.2 Å². The van der Waals surface area contributed by atoms with Crippen LogP contribution in [0.2, 0.25) is 0 Å². The molecule has 14 heteroatoms. The van der Waals surface area contributed by atoms with Crippen molar-refractivity contribution in [2.45, 2.75) is 76.7 Å². The molecule has 0 unspecified atom stereocenters. The van der Waals surface area contributed by atoms with Crippen LogP contribution in [0.25, 0.3) is 11.6 Å². The second-order valence-corrected chi connectivity index (χ2v) is 14.0. The number of carbonyl (C=O) groups excluding carboxylic acids is 4. The fraction of sp³-hybridized carbons (Fsp3) is 0.286. The van der Waals surface area contributed by atoms with Gasteiger partial charge in [-0.2, -0.15) is 0 Å². The SMILES string of the molecule is CC(=O)Oc1cc(CO)c2c(c1C1=Cc3ccccc3CC1)C(=O)c1cc(O[C@H]3O[C@@H](C)[C@@H](O)C(O)(O)[C@H]3O)c(Cc3cccc(CO)c3C=O)c(O)c1C2=O. The molecule has 0 saturated carbocycles. The summed E-state index contributed by atoms with van der Waals surface area (Å²) in [5.41, 5.74) is 1.56. The molecule has 1 aliphatic heterocycles. The number of ketones is 2. The molecule has 3 aliphatic rings. The van der Waals surface area contributed by atoms with Crippen LogP contribution in [0.3, 0.4) is 0 Å². The summed E-state index contributed by atoms with van der Waals surface area (Å²) in [7, 11) is 0. The summed E-state index contributed by atoms with van der Waals surface area (Å²) < 4.78 is 17.2. The first-order valence-corrected chi connectivity index (χ1v) is 17.8. The topological polar surface area (TPSA) is 238 Å². The predicted molar refractivity (Wildman–Crippen MR) is 196 cm³/mol. The van der Waals surface area contributed by atoms with Crippen LogP contribution in [0.5, 0.6) is 17.2 Å². The molecule has 14 nitrogen and oxygen atoms in total. The zero-order chi connectivity index (χ0) is 40.2. The first-order valence-electron chi connectivity index (χ1n) is 17.8. The highest BCUT2D eigenvalue weighted by Gasteiger charge is 2.54. The monoisotopic (exact) mass is 766 g/mol. The summed E-state index contributed by atoms with van der Waals surface area (Å²) in [6, 6.07) is 14.6. The van der Waals surface area contributed by atoms with Gasteiger partial charge >= 0.3 is 5.97 Å². The minimum atomic E-state index is -3.13. The van der Waals surface area contributed by atoms with Crippen LogP contribution in [0.4, 0.5) is 0 Å². The van der Waals surface area contributed by atoms with E-state index < -0.39 is 78.0 Å². The van der Waals surface area contributed by atoms with Gasteiger partial charge in [-0.05, 0) is 65.3 Å². The number of hydrogen-bond acceptors (Lipinski definition) is 14. The Balaban J connectivity index is 1.47. The third-order valence-electron chi connectivity index (χ3n) is 10.6. The van der Waals surface area contributed by atoms with E-state index >= 15 is 0 Å². The molecule has 0 aromatic heterocycles. The first-order chi connectivity index (χ1) is 26.7. The molecule has 4 aromatic rings. The van der Waals surface area contributed by atoms with Crippen molar-refractivity contribution in [1.82, 2.24) is 0 Å². The number of aliphatic hydroxyl groups is 6. The summed E-state index contributed by atoms with van der Waals surface area (Å²) in [5.74, 6) is -6.79. The average Bonchev–Trinajstić information content (AvgIpc) is 3.18. The highest BCUT2D eigenvalue weighted by molar-refractivity contribution is 6.31. The molecule has 4 aromatic carbocycles. The van der Waals surface area contributed by atoms with E-state index in [2.05, 4.69) is 0 Å². The Morgan fingerprint density at radius 3 is 2.29 bits per heavy atom. The van der Waals surface area contributed by atoms with Gasteiger partial charge in [0.1, 0.15) is 23.4 Å². The molecule has 56 heavy (non-hydrogen) atoms. The summed E-state index contributed by atoms with van der Waals surface area (Å²) in [6.07, 6.45) is -4.60. The molecule has 4 atom stereocenters. The highest BCUT2D eigenvalue weighted by atomic mass is 16.7. The van der Waals surface area contributed by atoms with Crippen molar-refractivity contribution >= 4 is 35.5 Å². The standard InChI is InChI=1S/C42H38O14/c1-19-39(50)42(52,53)40(51)41(54-19)56-30-15-28-34(36(47)27(30)13-23-8-5-9-25(16-43)29(23)18-45)38(49)33-26(17-44)14-31(55-20(2)46)32(35(33)37(28)48)24-11-10-21-6-3-4-7-22(21)12-24/h3-9,12,14-15,18-19,39-41,43-44,47,50-53H,10-11,13,16-17H2,1-2H3/t19-,39+,40-,41+/m0/s1. The van der Waals surface area contributed by atoms with Crippen molar-refractivity contribution < 1.29 is 69.1 Å². The number of phenols is 1. The Labute approximate surface area is 319 Å². The Bertz CT molecular complexity index is 2340. The van der Waals surface area contributed by atoms with E-state index in [4.69, 9.17) is 14.2 Å². The number of rotatable bonds is 9. The molecular weight excluding hydrogens is 728 g/mol. The maximum atomic E-state index is 14.9. The first kappa shape index (κ1) is 38.7. The third-order valence-corrected chi connectivity index (χ3v) is 10.6. The lowest BCUT2D eigenvalue weighted by atomic mass is 9.75. The Kier molecular flexibility index (Phi) is 10.2. The maximum absolute atomic E-state index is 14.9. The lowest BCUT2D eigenvalue weighted by Gasteiger charge is -2.44. The lowest BCUT2D eigenvalue weighted by Crippen LogP contribution is -2.67. The number of allylic oxidation sites excluding steroid dienone is 1. The van der Waals surface area contributed by atoms with Crippen molar-refractivity contribution in [3.8, 4) is 17.2 Å². The van der Waals surface area contributed by atoms with Gasteiger partial charge in [0.2, 0.25) is 12.1 Å². The minimum Gasteiger partial charge on any atom is -0.507 e. The molecular formula is C42H38O14. The number of hydrogen-bond donors (Lipinski definition) is 7. The fourth-order valence-electron chi connectivity index (χ4n) is 7.73. The van der Waals surface area contributed by atoms with Crippen LogP contribution in [0.1, 0.15) is 101 Å². The highest BCUT2D eigenvalue weighted by Crippen LogP contribution is 2.48. The number of aliphatic hydroxyl groups excluding tert-OH is 4. The maximum Gasteiger partial charge on any atom is 0.308 e. The number of phenolic OH excluding ortho intramolecular Hbond substituents is 1. The molecule has 7 N–H and O–H groups in total. The molecule has 0 spiro atoms. The van der Waals surface area contributed by atoms with E-state index in [1.807, 2.05) is 30.3 Å². The molecule has 0 bridgehead atoms. The number of carbonyl (C=O) groups is 4. The summed E-state index contributed by atoms with van der Waals surface area (Å²) in [4.78, 5) is 54.3. The third kappa shape index (κ3) is 6.40. The van der Waals surface area contributed by atoms with Gasteiger partial charge in [-0.3, -0.25) is 19.2 Å². The number of ether oxygens (including phenoxy) is 3. The molecule has 0 amide bonds. The van der Waals surface area contributed by atoms with E-state index in [9.17, 15) is 54.9 Å². The van der Waals surface area contributed by atoms with E-state index in [-0.39, 0.29) is 62.4 Å². The van der Waals surface area contributed by atoms with Crippen molar-refractivity contribution in [2.24, 2.45) is 0 Å².